The van der Waals surface area contributed by atoms with Crippen LogP contribution in [0.25, 0.3) is 0 Å². The van der Waals surface area contributed by atoms with Crippen molar-refractivity contribution in [3.05, 3.63) is 29.8 Å². The smallest absolute Gasteiger partial charge is 0.406 e. The number of alkyl halides is 3. The topological polar surface area (TPSA) is 44.5 Å². The number of rotatable bonds is 7. The van der Waals surface area contributed by atoms with Crippen molar-refractivity contribution in [1.82, 2.24) is 0 Å². The van der Waals surface area contributed by atoms with Crippen molar-refractivity contribution in [3.63, 3.8) is 0 Å². The Kier molecular flexibility index (Phi) is 6.11. The van der Waals surface area contributed by atoms with Crippen LogP contribution in [0.3, 0.4) is 0 Å². The molecule has 0 aliphatic heterocycles. The fourth-order valence-corrected chi connectivity index (χ4v) is 1.61. The van der Waals surface area contributed by atoms with E-state index in [1.165, 1.54) is 12.1 Å². The first-order chi connectivity index (χ1) is 8.90. The monoisotopic (exact) mass is 277 g/mol. The molecule has 1 unspecified atom stereocenters. The van der Waals surface area contributed by atoms with Crippen molar-refractivity contribution < 1.29 is 22.6 Å². The molecule has 0 spiro atoms. The van der Waals surface area contributed by atoms with Gasteiger partial charge in [-0.05, 0) is 37.5 Å². The molecule has 0 fully saturated rings. The number of hydrogen-bond donors (Lipinski definition) is 1. The van der Waals surface area contributed by atoms with E-state index in [-0.39, 0.29) is 11.8 Å². The zero-order chi connectivity index (χ0) is 14.3. The van der Waals surface area contributed by atoms with Gasteiger partial charge in [-0.2, -0.15) is 0 Å². The quantitative estimate of drug-likeness (QED) is 0.779. The van der Waals surface area contributed by atoms with Crippen LogP contribution in [0.5, 0.6) is 5.75 Å². The molecule has 19 heavy (non-hydrogen) atoms. The maximum absolute atomic E-state index is 12.0. The summed E-state index contributed by atoms with van der Waals surface area (Å²) in [7, 11) is 0. The summed E-state index contributed by atoms with van der Waals surface area (Å²) in [6.07, 6.45) is -3.34. The van der Waals surface area contributed by atoms with Crippen LogP contribution in [0, 0.1) is 0 Å². The Hall–Kier alpha value is -1.27. The normalized spacial score (nSPS) is 13.3. The molecule has 0 saturated heterocycles. The fourth-order valence-electron chi connectivity index (χ4n) is 1.61. The van der Waals surface area contributed by atoms with Gasteiger partial charge in [0, 0.05) is 19.3 Å². The number of ether oxygens (including phenoxy) is 2. The Bertz CT molecular complexity index is 365. The largest absolute Gasteiger partial charge is 0.573 e. The van der Waals surface area contributed by atoms with Crippen LogP contribution in [0.1, 0.15) is 18.9 Å². The van der Waals surface area contributed by atoms with E-state index >= 15 is 0 Å². The molecule has 0 amide bonds. The average Bonchev–Trinajstić information content (AvgIpc) is 2.30. The van der Waals surface area contributed by atoms with Gasteiger partial charge in [0.2, 0.25) is 0 Å². The fraction of sp³-hybridized carbons (Fsp3) is 0.538. The lowest BCUT2D eigenvalue weighted by atomic mass is 10.0. The van der Waals surface area contributed by atoms with Gasteiger partial charge in [-0.15, -0.1) is 13.2 Å². The van der Waals surface area contributed by atoms with Crippen molar-refractivity contribution in [3.8, 4) is 5.75 Å². The van der Waals surface area contributed by atoms with E-state index in [0.717, 1.165) is 5.56 Å². The molecule has 0 bridgehead atoms. The van der Waals surface area contributed by atoms with Gasteiger partial charge in [0.05, 0.1) is 0 Å². The molecule has 1 aromatic carbocycles. The van der Waals surface area contributed by atoms with Crippen LogP contribution >= 0.6 is 0 Å². The molecule has 3 nitrogen and oxygen atoms in total. The minimum Gasteiger partial charge on any atom is -0.406 e. The highest BCUT2D eigenvalue weighted by molar-refractivity contribution is 5.27. The van der Waals surface area contributed by atoms with Gasteiger partial charge in [-0.1, -0.05) is 12.1 Å². The molecule has 0 aromatic heterocycles. The van der Waals surface area contributed by atoms with Crippen molar-refractivity contribution in [2.45, 2.75) is 32.2 Å². The van der Waals surface area contributed by atoms with E-state index in [1.54, 1.807) is 12.1 Å². The SMILES string of the molecule is CCOCCC(N)Cc1ccc(OC(F)(F)F)cc1. The summed E-state index contributed by atoms with van der Waals surface area (Å²) in [5, 5.41) is 0. The summed E-state index contributed by atoms with van der Waals surface area (Å²) in [6, 6.07) is 5.68. The second-order valence-corrected chi connectivity index (χ2v) is 4.14. The highest BCUT2D eigenvalue weighted by Gasteiger charge is 2.30. The highest BCUT2D eigenvalue weighted by atomic mass is 19.4. The van der Waals surface area contributed by atoms with Gasteiger partial charge in [0.25, 0.3) is 0 Å². The van der Waals surface area contributed by atoms with E-state index in [9.17, 15) is 13.2 Å². The van der Waals surface area contributed by atoms with Gasteiger partial charge < -0.3 is 15.2 Å². The summed E-state index contributed by atoms with van der Waals surface area (Å²) < 4.78 is 44.9. The lowest BCUT2D eigenvalue weighted by Crippen LogP contribution is -2.24. The number of hydrogen-bond acceptors (Lipinski definition) is 3. The predicted molar refractivity (Wildman–Crippen MR) is 65.9 cm³/mol. The number of benzene rings is 1. The molecule has 1 atom stereocenters. The molecular formula is C13H18F3NO2. The van der Waals surface area contributed by atoms with Gasteiger partial charge in [0.1, 0.15) is 5.75 Å². The molecule has 0 heterocycles. The van der Waals surface area contributed by atoms with Crippen LogP contribution in [-0.4, -0.2) is 25.6 Å². The third kappa shape index (κ3) is 7.03. The van der Waals surface area contributed by atoms with Gasteiger partial charge >= 0.3 is 6.36 Å². The molecule has 0 radical (unpaired) electrons. The molecule has 6 heteroatoms. The molecule has 1 aromatic rings. The standard InChI is InChI=1S/C13H18F3NO2/c1-2-18-8-7-11(17)9-10-3-5-12(6-4-10)19-13(14,15)16/h3-6,11H,2,7-9,17H2,1H3. The number of halogens is 3. The van der Waals surface area contributed by atoms with E-state index < -0.39 is 6.36 Å². The number of nitrogens with two attached hydrogens (primary N) is 1. The molecule has 0 aliphatic carbocycles. The minimum absolute atomic E-state index is 0.0686. The van der Waals surface area contributed by atoms with Crippen LogP contribution in [-0.2, 0) is 11.2 Å². The zero-order valence-electron chi connectivity index (χ0n) is 10.7. The maximum Gasteiger partial charge on any atom is 0.573 e. The third-order valence-corrected chi connectivity index (χ3v) is 2.49. The highest BCUT2D eigenvalue weighted by Crippen LogP contribution is 2.23. The summed E-state index contributed by atoms with van der Waals surface area (Å²) in [5.74, 6) is -0.223. The Morgan fingerprint density at radius 2 is 1.84 bits per heavy atom. The summed E-state index contributed by atoms with van der Waals surface area (Å²) in [5.41, 5.74) is 6.77. The first-order valence-corrected chi connectivity index (χ1v) is 6.08. The Balaban J connectivity index is 2.43. The summed E-state index contributed by atoms with van der Waals surface area (Å²) in [4.78, 5) is 0. The van der Waals surface area contributed by atoms with Crippen LogP contribution in [0.15, 0.2) is 24.3 Å². The molecule has 108 valence electrons. The molecule has 2 N–H and O–H groups in total. The van der Waals surface area contributed by atoms with Gasteiger partial charge in [-0.3, -0.25) is 0 Å². The van der Waals surface area contributed by atoms with Crippen LogP contribution < -0.4 is 10.5 Å². The van der Waals surface area contributed by atoms with E-state index in [0.29, 0.717) is 26.1 Å². The van der Waals surface area contributed by atoms with Crippen LogP contribution in [0.2, 0.25) is 0 Å². The second-order valence-electron chi connectivity index (χ2n) is 4.14. The summed E-state index contributed by atoms with van der Waals surface area (Å²) in [6.45, 7) is 3.15. The zero-order valence-corrected chi connectivity index (χ0v) is 10.7. The average molecular weight is 277 g/mol. The van der Waals surface area contributed by atoms with Crippen molar-refractivity contribution in [2.24, 2.45) is 5.73 Å². The summed E-state index contributed by atoms with van der Waals surface area (Å²) >= 11 is 0. The second kappa shape index (κ2) is 7.35. The lowest BCUT2D eigenvalue weighted by molar-refractivity contribution is -0.274. The minimum atomic E-state index is -4.66. The van der Waals surface area contributed by atoms with E-state index in [2.05, 4.69) is 4.74 Å². The molecule has 0 aliphatic rings. The van der Waals surface area contributed by atoms with Gasteiger partial charge in [-0.25, -0.2) is 0 Å². The molecular weight excluding hydrogens is 259 g/mol. The van der Waals surface area contributed by atoms with Crippen molar-refractivity contribution >= 4 is 0 Å². The predicted octanol–water partition coefficient (Wildman–Crippen LogP) is 2.88. The first-order valence-electron chi connectivity index (χ1n) is 6.08. The lowest BCUT2D eigenvalue weighted by Gasteiger charge is -2.12. The van der Waals surface area contributed by atoms with Crippen LogP contribution in [0.4, 0.5) is 13.2 Å². The first kappa shape index (κ1) is 15.8. The van der Waals surface area contributed by atoms with Crippen molar-refractivity contribution in [1.29, 1.82) is 0 Å². The molecule has 1 rings (SSSR count). The van der Waals surface area contributed by atoms with Crippen molar-refractivity contribution in [2.75, 3.05) is 13.2 Å². The third-order valence-electron chi connectivity index (χ3n) is 2.49. The van der Waals surface area contributed by atoms with E-state index in [4.69, 9.17) is 10.5 Å². The van der Waals surface area contributed by atoms with Gasteiger partial charge in [0.15, 0.2) is 0 Å². The Morgan fingerprint density at radius 3 is 2.37 bits per heavy atom. The Morgan fingerprint density at radius 1 is 1.21 bits per heavy atom. The molecule has 0 saturated carbocycles. The van der Waals surface area contributed by atoms with E-state index in [1.807, 2.05) is 6.92 Å². The Labute approximate surface area is 110 Å². The maximum atomic E-state index is 12.0.